The Labute approximate surface area is 117 Å². The SMILES string of the molecule is CN(Cc1ccc(F)cc1F)C(=O)CC1(CN)CCC1. The van der Waals surface area contributed by atoms with Crippen LogP contribution in [0.2, 0.25) is 0 Å². The van der Waals surface area contributed by atoms with E-state index in [1.54, 1.807) is 7.05 Å². The lowest BCUT2D eigenvalue weighted by Crippen LogP contribution is -2.42. The molecule has 1 aromatic rings. The number of carbonyl (C=O) groups is 1. The van der Waals surface area contributed by atoms with Gasteiger partial charge in [0, 0.05) is 31.6 Å². The molecule has 1 aliphatic rings. The van der Waals surface area contributed by atoms with E-state index in [4.69, 9.17) is 5.73 Å². The van der Waals surface area contributed by atoms with E-state index in [0.29, 0.717) is 18.5 Å². The molecule has 1 aliphatic carbocycles. The molecular formula is C15H20F2N2O. The molecule has 1 amide bonds. The molecule has 0 heterocycles. The molecule has 5 heteroatoms. The Kier molecular flexibility index (Phi) is 4.38. The first-order valence-corrected chi connectivity index (χ1v) is 6.84. The largest absolute Gasteiger partial charge is 0.341 e. The van der Waals surface area contributed by atoms with Crippen LogP contribution in [0.3, 0.4) is 0 Å². The Hall–Kier alpha value is -1.49. The van der Waals surface area contributed by atoms with E-state index in [1.165, 1.54) is 17.0 Å². The molecule has 0 bridgehead atoms. The molecule has 1 aromatic carbocycles. The number of nitrogens with two attached hydrogens (primary N) is 1. The Morgan fingerprint density at radius 3 is 2.60 bits per heavy atom. The van der Waals surface area contributed by atoms with E-state index in [-0.39, 0.29) is 17.9 Å². The van der Waals surface area contributed by atoms with Crippen molar-refractivity contribution in [3.63, 3.8) is 0 Å². The van der Waals surface area contributed by atoms with E-state index in [1.807, 2.05) is 0 Å². The highest BCUT2D eigenvalue weighted by molar-refractivity contribution is 5.76. The molecule has 1 saturated carbocycles. The van der Waals surface area contributed by atoms with Gasteiger partial charge in [-0.1, -0.05) is 12.5 Å². The molecule has 0 saturated heterocycles. The predicted octanol–water partition coefficient (Wildman–Crippen LogP) is 2.44. The summed E-state index contributed by atoms with van der Waals surface area (Å²) in [7, 11) is 1.63. The topological polar surface area (TPSA) is 46.3 Å². The van der Waals surface area contributed by atoms with Gasteiger partial charge in [0.25, 0.3) is 0 Å². The summed E-state index contributed by atoms with van der Waals surface area (Å²) in [6.45, 7) is 0.656. The normalized spacial score (nSPS) is 16.6. The van der Waals surface area contributed by atoms with Crippen LogP contribution in [-0.2, 0) is 11.3 Å². The highest BCUT2D eigenvalue weighted by atomic mass is 19.1. The molecule has 3 nitrogen and oxygen atoms in total. The maximum atomic E-state index is 13.6. The second-order valence-electron chi connectivity index (χ2n) is 5.72. The van der Waals surface area contributed by atoms with Crippen LogP contribution in [0.1, 0.15) is 31.2 Å². The van der Waals surface area contributed by atoms with Crippen LogP contribution in [0.4, 0.5) is 8.78 Å². The van der Waals surface area contributed by atoms with E-state index >= 15 is 0 Å². The predicted molar refractivity (Wildman–Crippen MR) is 72.8 cm³/mol. The van der Waals surface area contributed by atoms with Gasteiger partial charge in [-0.15, -0.1) is 0 Å². The highest BCUT2D eigenvalue weighted by Gasteiger charge is 2.38. The summed E-state index contributed by atoms with van der Waals surface area (Å²) in [5.41, 5.74) is 5.99. The molecule has 0 spiro atoms. The number of hydrogen-bond acceptors (Lipinski definition) is 2. The quantitative estimate of drug-likeness (QED) is 0.901. The molecule has 110 valence electrons. The van der Waals surface area contributed by atoms with Gasteiger partial charge in [-0.25, -0.2) is 8.78 Å². The summed E-state index contributed by atoms with van der Waals surface area (Å²) < 4.78 is 26.4. The number of carbonyl (C=O) groups excluding carboxylic acids is 1. The number of benzene rings is 1. The highest BCUT2D eigenvalue weighted by Crippen LogP contribution is 2.43. The van der Waals surface area contributed by atoms with E-state index < -0.39 is 11.6 Å². The Morgan fingerprint density at radius 1 is 1.40 bits per heavy atom. The van der Waals surface area contributed by atoms with Crippen molar-refractivity contribution in [1.29, 1.82) is 0 Å². The number of halogens is 2. The van der Waals surface area contributed by atoms with Crippen molar-refractivity contribution in [2.24, 2.45) is 11.1 Å². The number of amides is 1. The van der Waals surface area contributed by atoms with Gasteiger partial charge in [0.2, 0.25) is 5.91 Å². The minimum Gasteiger partial charge on any atom is -0.341 e. The number of nitrogens with zero attached hydrogens (tertiary/aromatic N) is 1. The molecule has 2 rings (SSSR count). The van der Waals surface area contributed by atoms with Crippen LogP contribution in [0.5, 0.6) is 0 Å². The molecule has 0 aromatic heterocycles. The maximum Gasteiger partial charge on any atom is 0.223 e. The maximum absolute atomic E-state index is 13.6. The zero-order valence-corrected chi connectivity index (χ0v) is 11.7. The van der Waals surface area contributed by atoms with Crippen molar-refractivity contribution in [3.8, 4) is 0 Å². The minimum absolute atomic E-state index is 0.0427. The smallest absolute Gasteiger partial charge is 0.223 e. The van der Waals surface area contributed by atoms with Gasteiger partial charge in [-0.3, -0.25) is 4.79 Å². The summed E-state index contributed by atoms with van der Waals surface area (Å²) in [4.78, 5) is 13.6. The molecule has 2 N–H and O–H groups in total. The monoisotopic (exact) mass is 282 g/mol. The lowest BCUT2D eigenvalue weighted by atomic mass is 9.66. The van der Waals surface area contributed by atoms with Crippen LogP contribution >= 0.6 is 0 Å². The molecule has 0 radical (unpaired) electrons. The average molecular weight is 282 g/mol. The van der Waals surface area contributed by atoms with Gasteiger partial charge in [-0.2, -0.15) is 0 Å². The van der Waals surface area contributed by atoms with Crippen molar-refractivity contribution in [2.75, 3.05) is 13.6 Å². The fourth-order valence-corrected chi connectivity index (χ4v) is 2.58. The molecule has 1 fully saturated rings. The molecule has 0 aliphatic heterocycles. The van der Waals surface area contributed by atoms with Gasteiger partial charge >= 0.3 is 0 Å². The van der Waals surface area contributed by atoms with E-state index in [9.17, 15) is 13.6 Å². The third-order valence-electron chi connectivity index (χ3n) is 4.22. The van der Waals surface area contributed by atoms with Crippen molar-refractivity contribution < 1.29 is 13.6 Å². The average Bonchev–Trinajstić information content (AvgIpc) is 2.36. The first-order chi connectivity index (χ1) is 9.46. The first-order valence-electron chi connectivity index (χ1n) is 6.84. The van der Waals surface area contributed by atoms with Crippen molar-refractivity contribution in [1.82, 2.24) is 4.90 Å². The van der Waals surface area contributed by atoms with Gasteiger partial charge in [0.1, 0.15) is 11.6 Å². The summed E-state index contributed by atoms with van der Waals surface area (Å²) in [5.74, 6) is -1.28. The Morgan fingerprint density at radius 2 is 2.10 bits per heavy atom. The summed E-state index contributed by atoms with van der Waals surface area (Å²) >= 11 is 0. The van der Waals surface area contributed by atoms with Crippen LogP contribution in [0.15, 0.2) is 18.2 Å². The molecule has 20 heavy (non-hydrogen) atoms. The van der Waals surface area contributed by atoms with Gasteiger partial charge < -0.3 is 10.6 Å². The summed E-state index contributed by atoms with van der Waals surface area (Å²) in [5, 5.41) is 0. The zero-order valence-electron chi connectivity index (χ0n) is 11.7. The lowest BCUT2D eigenvalue weighted by Gasteiger charge is -2.41. The van der Waals surface area contributed by atoms with Gasteiger partial charge in [0.05, 0.1) is 0 Å². The summed E-state index contributed by atoms with van der Waals surface area (Å²) in [6, 6.07) is 3.40. The van der Waals surface area contributed by atoms with Gasteiger partial charge in [-0.05, 0) is 30.9 Å². The van der Waals surface area contributed by atoms with Crippen molar-refractivity contribution in [3.05, 3.63) is 35.4 Å². The van der Waals surface area contributed by atoms with E-state index in [2.05, 4.69) is 0 Å². The van der Waals surface area contributed by atoms with Crippen molar-refractivity contribution >= 4 is 5.91 Å². The molecule has 0 unspecified atom stereocenters. The zero-order chi connectivity index (χ0) is 14.8. The van der Waals surface area contributed by atoms with Crippen LogP contribution in [0, 0.1) is 17.0 Å². The van der Waals surface area contributed by atoms with E-state index in [0.717, 1.165) is 25.3 Å². The third-order valence-corrected chi connectivity index (χ3v) is 4.22. The number of hydrogen-bond donors (Lipinski definition) is 1. The fraction of sp³-hybridized carbons (Fsp3) is 0.533. The Balaban J connectivity index is 1.97. The molecule has 0 atom stereocenters. The fourth-order valence-electron chi connectivity index (χ4n) is 2.58. The van der Waals surface area contributed by atoms with Crippen LogP contribution in [-0.4, -0.2) is 24.4 Å². The lowest BCUT2D eigenvalue weighted by molar-refractivity contribution is -0.134. The van der Waals surface area contributed by atoms with Crippen molar-refractivity contribution in [2.45, 2.75) is 32.2 Å². The minimum atomic E-state index is -0.623. The Bertz CT molecular complexity index is 495. The van der Waals surface area contributed by atoms with Crippen LogP contribution < -0.4 is 5.73 Å². The first kappa shape index (κ1) is 14.9. The molecular weight excluding hydrogens is 262 g/mol. The standard InChI is InChI=1S/C15H20F2N2O/c1-19(9-11-3-4-12(16)7-13(11)17)14(20)8-15(10-18)5-2-6-15/h3-4,7H,2,5-6,8-10,18H2,1H3. The third kappa shape index (κ3) is 3.15. The van der Waals surface area contributed by atoms with Crippen LogP contribution in [0.25, 0.3) is 0 Å². The second kappa shape index (κ2) is 5.87. The second-order valence-corrected chi connectivity index (χ2v) is 5.72. The summed E-state index contributed by atoms with van der Waals surface area (Å²) in [6.07, 6.45) is 3.48. The van der Waals surface area contributed by atoms with Gasteiger partial charge in [0.15, 0.2) is 0 Å². The number of rotatable bonds is 5.